The number of carbonyl (C=O) groups excluding carboxylic acids is 1. The van der Waals surface area contributed by atoms with Crippen LogP contribution in [0.25, 0.3) is 0 Å². The topological polar surface area (TPSA) is 26.3 Å². The van der Waals surface area contributed by atoms with Gasteiger partial charge in [-0.1, -0.05) is 44.0 Å². The molecule has 0 radical (unpaired) electrons. The molecule has 2 rings (SSSR count). The molecule has 1 atom stereocenters. The van der Waals surface area contributed by atoms with E-state index in [1.807, 2.05) is 24.3 Å². The molecule has 80 valence electrons. The van der Waals surface area contributed by atoms with E-state index in [-0.39, 0.29) is 0 Å². The average Bonchev–Trinajstić information content (AvgIpc) is 2.66. The lowest BCUT2D eigenvalue weighted by atomic mass is 9.89. The van der Waals surface area contributed by atoms with Crippen molar-refractivity contribution in [3.63, 3.8) is 0 Å². The second kappa shape index (κ2) is 4.15. The largest absolute Gasteiger partial charge is 0.358 e. The highest BCUT2D eigenvalue weighted by Gasteiger charge is 2.38. The first-order chi connectivity index (χ1) is 7.32. The Bertz CT molecular complexity index is 359. The Morgan fingerprint density at radius 2 is 2.27 bits per heavy atom. The van der Waals surface area contributed by atoms with Gasteiger partial charge in [0.05, 0.1) is 6.61 Å². The first-order valence-corrected chi connectivity index (χ1v) is 5.51. The fraction of sp³-hybridized carbons (Fsp3) is 0.462. The maximum absolute atomic E-state index is 11.3. The van der Waals surface area contributed by atoms with Crippen LogP contribution in [0.15, 0.2) is 24.3 Å². The third-order valence-electron chi connectivity index (χ3n) is 3.05. The Balaban J connectivity index is 2.32. The standard InChI is InChI=1S/C13H16O2/c1-2-3-8-13(10-14)12-7-5-4-6-11(12)9-15-13/h4-7,10H,2-3,8-9H2,1H3. The molecule has 0 aromatic heterocycles. The molecule has 15 heavy (non-hydrogen) atoms. The van der Waals surface area contributed by atoms with Crippen molar-refractivity contribution < 1.29 is 9.53 Å². The second-order valence-electron chi connectivity index (χ2n) is 4.06. The number of ether oxygens (including phenoxy) is 1. The molecule has 1 aliphatic heterocycles. The number of unbranched alkanes of at least 4 members (excludes halogenated alkanes) is 1. The zero-order valence-corrected chi connectivity index (χ0v) is 9.03. The minimum absolute atomic E-state index is 0.568. The Morgan fingerprint density at radius 1 is 1.47 bits per heavy atom. The lowest BCUT2D eigenvalue weighted by Crippen LogP contribution is -2.26. The first kappa shape index (κ1) is 10.4. The summed E-state index contributed by atoms with van der Waals surface area (Å²) in [4.78, 5) is 11.3. The summed E-state index contributed by atoms with van der Waals surface area (Å²) >= 11 is 0. The number of hydrogen-bond donors (Lipinski definition) is 0. The van der Waals surface area contributed by atoms with Gasteiger partial charge < -0.3 is 4.74 Å². The Morgan fingerprint density at radius 3 is 3.00 bits per heavy atom. The van der Waals surface area contributed by atoms with Crippen molar-refractivity contribution in [1.29, 1.82) is 0 Å². The van der Waals surface area contributed by atoms with E-state index in [0.717, 1.165) is 36.7 Å². The van der Waals surface area contributed by atoms with E-state index < -0.39 is 5.60 Å². The third-order valence-corrected chi connectivity index (χ3v) is 3.05. The first-order valence-electron chi connectivity index (χ1n) is 5.51. The lowest BCUT2D eigenvalue weighted by molar-refractivity contribution is -0.132. The van der Waals surface area contributed by atoms with Crippen LogP contribution in [0.1, 0.15) is 37.3 Å². The smallest absolute Gasteiger partial charge is 0.156 e. The van der Waals surface area contributed by atoms with E-state index in [1.54, 1.807) is 0 Å². The number of rotatable bonds is 4. The van der Waals surface area contributed by atoms with Crippen LogP contribution < -0.4 is 0 Å². The van der Waals surface area contributed by atoms with Gasteiger partial charge in [-0.2, -0.15) is 0 Å². The van der Waals surface area contributed by atoms with Crippen LogP contribution in [0.2, 0.25) is 0 Å². The molecule has 0 aliphatic carbocycles. The molecule has 0 fully saturated rings. The lowest BCUT2D eigenvalue weighted by Gasteiger charge is -2.22. The van der Waals surface area contributed by atoms with Crippen molar-refractivity contribution >= 4 is 6.29 Å². The molecular weight excluding hydrogens is 188 g/mol. The highest BCUT2D eigenvalue weighted by atomic mass is 16.5. The fourth-order valence-electron chi connectivity index (χ4n) is 2.15. The number of carbonyl (C=O) groups is 1. The number of aldehydes is 1. The highest BCUT2D eigenvalue weighted by molar-refractivity contribution is 5.68. The molecule has 1 unspecified atom stereocenters. The van der Waals surface area contributed by atoms with Gasteiger partial charge in [0.15, 0.2) is 6.29 Å². The summed E-state index contributed by atoms with van der Waals surface area (Å²) in [6, 6.07) is 8.00. The minimum Gasteiger partial charge on any atom is -0.358 e. The summed E-state index contributed by atoms with van der Waals surface area (Å²) in [5.41, 5.74) is 1.56. The van der Waals surface area contributed by atoms with Gasteiger partial charge >= 0.3 is 0 Å². The van der Waals surface area contributed by atoms with Gasteiger partial charge in [-0.05, 0) is 17.5 Å². The molecule has 1 aromatic rings. The summed E-state index contributed by atoms with van der Waals surface area (Å²) in [6.07, 6.45) is 3.87. The van der Waals surface area contributed by atoms with Gasteiger partial charge in [-0.25, -0.2) is 0 Å². The minimum atomic E-state index is -0.660. The fourth-order valence-corrected chi connectivity index (χ4v) is 2.15. The maximum atomic E-state index is 11.3. The Labute approximate surface area is 90.3 Å². The second-order valence-corrected chi connectivity index (χ2v) is 4.06. The quantitative estimate of drug-likeness (QED) is 0.705. The SMILES string of the molecule is CCCCC1(C=O)OCc2ccccc21. The monoisotopic (exact) mass is 204 g/mol. The summed E-state index contributed by atoms with van der Waals surface area (Å²) in [5, 5.41) is 0. The van der Waals surface area contributed by atoms with Crippen molar-refractivity contribution in [2.75, 3.05) is 0 Å². The maximum Gasteiger partial charge on any atom is 0.156 e. The molecular formula is C13H16O2. The van der Waals surface area contributed by atoms with Crippen LogP contribution in [-0.4, -0.2) is 6.29 Å². The van der Waals surface area contributed by atoms with Crippen LogP contribution in [0, 0.1) is 0 Å². The summed E-state index contributed by atoms with van der Waals surface area (Å²) in [6.45, 7) is 2.69. The van der Waals surface area contributed by atoms with E-state index in [1.165, 1.54) is 0 Å². The van der Waals surface area contributed by atoms with E-state index >= 15 is 0 Å². The molecule has 1 heterocycles. The summed E-state index contributed by atoms with van der Waals surface area (Å²) in [5.74, 6) is 0. The van der Waals surface area contributed by atoms with E-state index in [9.17, 15) is 4.79 Å². The van der Waals surface area contributed by atoms with Gasteiger partial charge in [0, 0.05) is 0 Å². The third kappa shape index (κ3) is 1.70. The van der Waals surface area contributed by atoms with Gasteiger partial charge in [0.25, 0.3) is 0 Å². The summed E-state index contributed by atoms with van der Waals surface area (Å²) in [7, 11) is 0. The van der Waals surface area contributed by atoms with Crippen molar-refractivity contribution in [1.82, 2.24) is 0 Å². The van der Waals surface area contributed by atoms with Gasteiger partial charge in [-0.15, -0.1) is 0 Å². The predicted molar refractivity (Wildman–Crippen MR) is 58.5 cm³/mol. The average molecular weight is 204 g/mol. The molecule has 0 N–H and O–H groups in total. The van der Waals surface area contributed by atoms with Gasteiger partial charge in [0.1, 0.15) is 5.60 Å². The van der Waals surface area contributed by atoms with Gasteiger partial charge in [-0.3, -0.25) is 4.79 Å². The molecule has 0 amide bonds. The Hall–Kier alpha value is -1.15. The molecule has 1 aliphatic rings. The number of hydrogen-bond acceptors (Lipinski definition) is 2. The van der Waals surface area contributed by atoms with Crippen molar-refractivity contribution in [2.24, 2.45) is 0 Å². The van der Waals surface area contributed by atoms with Crippen LogP contribution in [0.4, 0.5) is 0 Å². The summed E-state index contributed by atoms with van der Waals surface area (Å²) < 4.78 is 5.69. The highest BCUT2D eigenvalue weighted by Crippen LogP contribution is 2.38. The van der Waals surface area contributed by atoms with Gasteiger partial charge in [0.2, 0.25) is 0 Å². The Kier molecular flexibility index (Phi) is 2.87. The zero-order valence-electron chi connectivity index (χ0n) is 9.03. The van der Waals surface area contributed by atoms with E-state index in [2.05, 4.69) is 6.92 Å². The molecule has 0 saturated carbocycles. The van der Waals surface area contributed by atoms with E-state index in [4.69, 9.17) is 4.74 Å². The van der Waals surface area contributed by atoms with Crippen molar-refractivity contribution in [2.45, 2.75) is 38.4 Å². The predicted octanol–water partition coefficient (Wildman–Crippen LogP) is 2.80. The normalized spacial score (nSPS) is 23.8. The molecule has 2 heteroatoms. The number of fused-ring (bicyclic) bond motifs is 1. The van der Waals surface area contributed by atoms with Crippen LogP contribution in [0.3, 0.4) is 0 Å². The van der Waals surface area contributed by atoms with Crippen molar-refractivity contribution in [3.05, 3.63) is 35.4 Å². The van der Waals surface area contributed by atoms with Crippen LogP contribution >= 0.6 is 0 Å². The molecule has 0 bridgehead atoms. The molecule has 0 spiro atoms. The van der Waals surface area contributed by atoms with E-state index in [0.29, 0.717) is 6.61 Å². The number of benzene rings is 1. The molecule has 2 nitrogen and oxygen atoms in total. The van der Waals surface area contributed by atoms with Crippen molar-refractivity contribution in [3.8, 4) is 0 Å². The van der Waals surface area contributed by atoms with Crippen LogP contribution in [0.5, 0.6) is 0 Å². The zero-order chi connectivity index (χ0) is 10.7. The molecule has 1 aromatic carbocycles. The van der Waals surface area contributed by atoms with Crippen LogP contribution in [-0.2, 0) is 21.7 Å². The molecule has 0 saturated heterocycles.